The van der Waals surface area contributed by atoms with Crippen LogP contribution in [0, 0.1) is 0 Å². The van der Waals surface area contributed by atoms with Gasteiger partial charge in [0.2, 0.25) is 0 Å². The summed E-state index contributed by atoms with van der Waals surface area (Å²) in [4.78, 5) is 16.4. The number of hydrogen-bond acceptors (Lipinski definition) is 4. The van der Waals surface area contributed by atoms with Crippen molar-refractivity contribution in [3.8, 4) is 0 Å². The van der Waals surface area contributed by atoms with Crippen LogP contribution in [0.1, 0.15) is 41.4 Å². The molecule has 0 spiro atoms. The fourth-order valence-corrected chi connectivity index (χ4v) is 4.51. The maximum Gasteiger partial charge on any atom is 0.0890 e. The van der Waals surface area contributed by atoms with Gasteiger partial charge in [0, 0.05) is 36.1 Å². The molecular formula is C25H23ClN4. The van der Waals surface area contributed by atoms with Crippen LogP contribution >= 0.6 is 11.6 Å². The van der Waals surface area contributed by atoms with Gasteiger partial charge in [0.1, 0.15) is 0 Å². The molecule has 0 saturated carbocycles. The molecule has 2 aromatic carbocycles. The maximum atomic E-state index is 6.35. The number of benzene rings is 2. The third kappa shape index (κ3) is 4.07. The molecule has 1 fully saturated rings. The van der Waals surface area contributed by atoms with Gasteiger partial charge in [-0.2, -0.15) is 0 Å². The minimum absolute atomic E-state index is 0.341. The van der Waals surface area contributed by atoms with E-state index in [4.69, 9.17) is 16.6 Å². The van der Waals surface area contributed by atoms with Crippen molar-refractivity contribution in [2.45, 2.75) is 31.8 Å². The largest absolute Gasteiger partial charge is 0.291 e. The second-order valence-electron chi connectivity index (χ2n) is 7.83. The van der Waals surface area contributed by atoms with Gasteiger partial charge >= 0.3 is 0 Å². The van der Waals surface area contributed by atoms with Crippen LogP contribution in [0.25, 0.3) is 11.0 Å². The van der Waals surface area contributed by atoms with Crippen molar-refractivity contribution in [2.24, 2.45) is 0 Å². The molecule has 3 heterocycles. The summed E-state index contributed by atoms with van der Waals surface area (Å²) in [7, 11) is 0. The first kappa shape index (κ1) is 19.2. The van der Waals surface area contributed by atoms with Crippen LogP contribution in [0.15, 0.2) is 73.1 Å². The predicted octanol–water partition coefficient (Wildman–Crippen LogP) is 5.61. The molecule has 0 radical (unpaired) electrons. The molecule has 150 valence electrons. The summed E-state index contributed by atoms with van der Waals surface area (Å²) in [5, 5.41) is 0.798. The van der Waals surface area contributed by atoms with Gasteiger partial charge in [-0.1, -0.05) is 41.9 Å². The molecule has 0 N–H and O–H groups in total. The molecule has 1 aliphatic rings. The highest BCUT2D eigenvalue weighted by Gasteiger charge is 2.27. The lowest BCUT2D eigenvalue weighted by atomic mass is 10.1. The maximum absolute atomic E-state index is 6.35. The Balaban J connectivity index is 1.36. The lowest BCUT2D eigenvalue weighted by Gasteiger charge is -2.24. The molecule has 4 nitrogen and oxygen atoms in total. The highest BCUT2D eigenvalue weighted by atomic mass is 35.5. The van der Waals surface area contributed by atoms with E-state index < -0.39 is 0 Å². The lowest BCUT2D eigenvalue weighted by molar-refractivity contribution is 0.244. The Morgan fingerprint density at radius 1 is 0.933 bits per heavy atom. The second-order valence-corrected chi connectivity index (χ2v) is 8.24. The van der Waals surface area contributed by atoms with Gasteiger partial charge in [-0.05, 0) is 60.8 Å². The van der Waals surface area contributed by atoms with Gasteiger partial charge in [-0.15, -0.1) is 0 Å². The molecule has 5 rings (SSSR count). The molecule has 0 aliphatic carbocycles. The minimum Gasteiger partial charge on any atom is -0.291 e. The first-order valence-corrected chi connectivity index (χ1v) is 10.8. The number of fused-ring (bicyclic) bond motifs is 1. The van der Waals surface area contributed by atoms with Crippen molar-refractivity contribution in [3.05, 3.63) is 101 Å². The van der Waals surface area contributed by atoms with E-state index in [0.717, 1.165) is 58.9 Å². The van der Waals surface area contributed by atoms with E-state index in [2.05, 4.69) is 57.3 Å². The highest BCUT2D eigenvalue weighted by Crippen LogP contribution is 2.33. The number of pyridine rings is 1. The Morgan fingerprint density at radius 3 is 2.70 bits per heavy atom. The third-order valence-electron chi connectivity index (χ3n) is 5.78. The summed E-state index contributed by atoms with van der Waals surface area (Å²) in [6.45, 7) is 1.98. The SMILES string of the molecule is Clc1ccccc1Cc1cccc([C@@H]2CCCN2Cc2ccc3nccnc3c2)n1. The van der Waals surface area contributed by atoms with Crippen LogP contribution in [0.3, 0.4) is 0 Å². The quantitative estimate of drug-likeness (QED) is 0.426. The fraction of sp³-hybridized carbons (Fsp3) is 0.240. The molecule has 5 heteroatoms. The highest BCUT2D eigenvalue weighted by molar-refractivity contribution is 6.31. The Kier molecular flexibility index (Phi) is 5.43. The molecule has 1 saturated heterocycles. The zero-order chi connectivity index (χ0) is 20.3. The Labute approximate surface area is 181 Å². The van der Waals surface area contributed by atoms with Gasteiger partial charge in [-0.25, -0.2) is 0 Å². The van der Waals surface area contributed by atoms with E-state index in [1.807, 2.05) is 18.2 Å². The summed E-state index contributed by atoms with van der Waals surface area (Å²) in [5.74, 6) is 0. The Morgan fingerprint density at radius 2 is 1.80 bits per heavy atom. The van der Waals surface area contributed by atoms with Gasteiger partial charge in [-0.3, -0.25) is 19.9 Å². The predicted molar refractivity (Wildman–Crippen MR) is 120 cm³/mol. The van der Waals surface area contributed by atoms with Gasteiger partial charge in [0.05, 0.1) is 22.8 Å². The summed E-state index contributed by atoms with van der Waals surface area (Å²) in [6.07, 6.45) is 6.56. The van der Waals surface area contributed by atoms with Crippen molar-refractivity contribution in [3.63, 3.8) is 0 Å². The van der Waals surface area contributed by atoms with Crippen molar-refractivity contribution in [1.82, 2.24) is 19.9 Å². The number of rotatable bonds is 5. The Hall–Kier alpha value is -2.82. The molecule has 30 heavy (non-hydrogen) atoms. The van der Waals surface area contributed by atoms with Crippen molar-refractivity contribution in [2.75, 3.05) is 6.54 Å². The van der Waals surface area contributed by atoms with Crippen molar-refractivity contribution in [1.29, 1.82) is 0 Å². The average Bonchev–Trinajstić information content (AvgIpc) is 3.24. The molecule has 1 aliphatic heterocycles. The minimum atomic E-state index is 0.341. The van der Waals surface area contributed by atoms with E-state index in [9.17, 15) is 0 Å². The van der Waals surface area contributed by atoms with Crippen LogP contribution in [-0.4, -0.2) is 26.4 Å². The zero-order valence-corrected chi connectivity index (χ0v) is 17.5. The first-order valence-electron chi connectivity index (χ1n) is 10.4. The monoisotopic (exact) mass is 414 g/mol. The number of hydrogen-bond donors (Lipinski definition) is 0. The molecule has 2 aromatic heterocycles. The van der Waals surface area contributed by atoms with Crippen molar-refractivity contribution < 1.29 is 0 Å². The van der Waals surface area contributed by atoms with Gasteiger partial charge in [0.15, 0.2) is 0 Å². The lowest BCUT2D eigenvalue weighted by Crippen LogP contribution is -2.23. The number of halogens is 1. The van der Waals surface area contributed by atoms with E-state index in [1.54, 1.807) is 12.4 Å². The van der Waals surface area contributed by atoms with Crippen LogP contribution in [0.2, 0.25) is 5.02 Å². The normalized spacial score (nSPS) is 16.9. The fourth-order valence-electron chi connectivity index (χ4n) is 4.31. The molecule has 4 aromatic rings. The van der Waals surface area contributed by atoms with Crippen LogP contribution in [0.5, 0.6) is 0 Å². The molecule has 0 amide bonds. The van der Waals surface area contributed by atoms with E-state index >= 15 is 0 Å². The number of aromatic nitrogens is 3. The van der Waals surface area contributed by atoms with Crippen LogP contribution in [-0.2, 0) is 13.0 Å². The average molecular weight is 415 g/mol. The molecule has 0 unspecified atom stereocenters. The zero-order valence-electron chi connectivity index (χ0n) is 16.7. The van der Waals surface area contributed by atoms with E-state index in [0.29, 0.717) is 6.04 Å². The Bertz CT molecular complexity index is 1180. The summed E-state index contributed by atoms with van der Waals surface area (Å²) in [6, 6.07) is 21.1. The molecule has 1 atom stereocenters. The number of likely N-dealkylation sites (tertiary alicyclic amines) is 1. The standard InChI is InChI=1S/C25H23ClN4/c26-21-7-2-1-5-19(21)16-20-6-3-8-23(29-20)25-9-4-14-30(25)17-18-10-11-22-24(15-18)28-13-12-27-22/h1-3,5-8,10-13,15,25H,4,9,14,16-17H2/t25-/m0/s1. The summed E-state index contributed by atoms with van der Waals surface area (Å²) < 4.78 is 0. The molecule has 0 bridgehead atoms. The third-order valence-corrected chi connectivity index (χ3v) is 6.15. The van der Waals surface area contributed by atoms with E-state index in [1.165, 1.54) is 12.0 Å². The number of nitrogens with zero attached hydrogens (tertiary/aromatic N) is 4. The van der Waals surface area contributed by atoms with Crippen molar-refractivity contribution >= 4 is 22.6 Å². The summed E-state index contributed by atoms with van der Waals surface area (Å²) >= 11 is 6.35. The van der Waals surface area contributed by atoms with Crippen LogP contribution in [0.4, 0.5) is 0 Å². The van der Waals surface area contributed by atoms with E-state index in [-0.39, 0.29) is 0 Å². The second kappa shape index (κ2) is 8.50. The topological polar surface area (TPSA) is 41.9 Å². The smallest absolute Gasteiger partial charge is 0.0890 e. The first-order chi connectivity index (χ1) is 14.8. The van der Waals surface area contributed by atoms with Gasteiger partial charge in [0.25, 0.3) is 0 Å². The van der Waals surface area contributed by atoms with Gasteiger partial charge < -0.3 is 0 Å². The van der Waals surface area contributed by atoms with Crippen LogP contribution < -0.4 is 0 Å². The summed E-state index contributed by atoms with van der Waals surface area (Å²) in [5.41, 5.74) is 6.48. The molecular weight excluding hydrogens is 392 g/mol.